The highest BCUT2D eigenvalue weighted by Gasteiger charge is 2.23. The fourth-order valence-electron chi connectivity index (χ4n) is 2.81. The number of hydrogen-bond acceptors (Lipinski definition) is 3. The molecule has 0 spiro atoms. The van der Waals surface area contributed by atoms with E-state index in [9.17, 15) is 4.79 Å². The van der Waals surface area contributed by atoms with Gasteiger partial charge in [-0.2, -0.15) is 0 Å². The van der Waals surface area contributed by atoms with Crippen molar-refractivity contribution < 1.29 is 13.9 Å². The van der Waals surface area contributed by atoms with Crippen molar-refractivity contribution in [2.24, 2.45) is 0 Å². The molecule has 4 rings (SSSR count). The monoisotopic (exact) mass is 281 g/mol. The molecule has 1 amide bonds. The minimum absolute atomic E-state index is 0.0698. The first-order valence-corrected chi connectivity index (χ1v) is 7.15. The number of fused-ring (bicyclic) bond motifs is 3. The van der Waals surface area contributed by atoms with Crippen molar-refractivity contribution in [1.29, 1.82) is 0 Å². The molecule has 0 bridgehead atoms. The van der Waals surface area contributed by atoms with Crippen LogP contribution in [0.25, 0.3) is 21.9 Å². The van der Waals surface area contributed by atoms with E-state index in [1.54, 1.807) is 0 Å². The standard InChI is InChI=1S/C17H15NO3/c19-17(16-6-3-9-20-16)18-11-7-8-15-13(10-11)12-4-1-2-5-14(12)21-15/h1-2,4-5,7-8,10,16H,3,6,9H2,(H,18,19)/t16-/m1/s1. The predicted octanol–water partition coefficient (Wildman–Crippen LogP) is 3.70. The summed E-state index contributed by atoms with van der Waals surface area (Å²) in [5.74, 6) is -0.0698. The van der Waals surface area contributed by atoms with Gasteiger partial charge >= 0.3 is 0 Å². The molecule has 2 aromatic carbocycles. The van der Waals surface area contributed by atoms with Crippen LogP contribution in [-0.2, 0) is 9.53 Å². The highest BCUT2D eigenvalue weighted by atomic mass is 16.5. The van der Waals surface area contributed by atoms with E-state index in [1.807, 2.05) is 42.5 Å². The Morgan fingerprint density at radius 2 is 1.95 bits per heavy atom. The molecule has 1 N–H and O–H groups in total. The summed E-state index contributed by atoms with van der Waals surface area (Å²) in [6.45, 7) is 0.670. The molecule has 3 aromatic rings. The van der Waals surface area contributed by atoms with Crippen LogP contribution in [-0.4, -0.2) is 18.6 Å². The number of amides is 1. The van der Waals surface area contributed by atoms with Crippen LogP contribution < -0.4 is 5.32 Å². The molecule has 2 heterocycles. The van der Waals surface area contributed by atoms with Gasteiger partial charge in [0, 0.05) is 23.1 Å². The van der Waals surface area contributed by atoms with E-state index in [0.29, 0.717) is 6.61 Å². The zero-order chi connectivity index (χ0) is 14.2. The van der Waals surface area contributed by atoms with E-state index in [1.165, 1.54) is 0 Å². The Morgan fingerprint density at radius 3 is 2.81 bits per heavy atom. The molecular weight excluding hydrogens is 266 g/mol. The van der Waals surface area contributed by atoms with E-state index in [2.05, 4.69) is 5.32 Å². The summed E-state index contributed by atoms with van der Waals surface area (Å²) in [5.41, 5.74) is 2.45. The molecule has 1 aromatic heterocycles. The second kappa shape index (κ2) is 4.90. The molecule has 4 heteroatoms. The van der Waals surface area contributed by atoms with Gasteiger partial charge in [-0.1, -0.05) is 18.2 Å². The lowest BCUT2D eigenvalue weighted by atomic mass is 10.1. The zero-order valence-electron chi connectivity index (χ0n) is 11.5. The maximum Gasteiger partial charge on any atom is 0.253 e. The smallest absolute Gasteiger partial charge is 0.253 e. The number of rotatable bonds is 2. The summed E-state index contributed by atoms with van der Waals surface area (Å²) in [6.07, 6.45) is 1.42. The largest absolute Gasteiger partial charge is 0.456 e. The van der Waals surface area contributed by atoms with E-state index in [0.717, 1.165) is 40.5 Å². The molecule has 0 radical (unpaired) electrons. The number of anilines is 1. The fraction of sp³-hybridized carbons (Fsp3) is 0.235. The average Bonchev–Trinajstić information content (AvgIpc) is 3.14. The number of carbonyl (C=O) groups is 1. The first kappa shape index (κ1) is 12.4. The minimum Gasteiger partial charge on any atom is -0.456 e. The van der Waals surface area contributed by atoms with Gasteiger partial charge in [-0.25, -0.2) is 0 Å². The van der Waals surface area contributed by atoms with Crippen molar-refractivity contribution in [1.82, 2.24) is 0 Å². The second-order valence-electron chi connectivity index (χ2n) is 5.30. The normalized spacial score (nSPS) is 18.4. The molecule has 0 unspecified atom stereocenters. The van der Waals surface area contributed by atoms with Crippen LogP contribution in [0.3, 0.4) is 0 Å². The first-order valence-electron chi connectivity index (χ1n) is 7.15. The van der Waals surface area contributed by atoms with Crippen molar-refractivity contribution in [2.75, 3.05) is 11.9 Å². The highest BCUT2D eigenvalue weighted by molar-refractivity contribution is 6.07. The maximum atomic E-state index is 12.1. The first-order chi connectivity index (χ1) is 10.3. The van der Waals surface area contributed by atoms with Crippen molar-refractivity contribution >= 4 is 33.5 Å². The van der Waals surface area contributed by atoms with Crippen LogP contribution in [0.15, 0.2) is 46.9 Å². The topological polar surface area (TPSA) is 51.5 Å². The van der Waals surface area contributed by atoms with Gasteiger partial charge in [0.2, 0.25) is 0 Å². The lowest BCUT2D eigenvalue weighted by molar-refractivity contribution is -0.124. The summed E-state index contributed by atoms with van der Waals surface area (Å²) in [6, 6.07) is 13.6. The Hall–Kier alpha value is -2.33. The van der Waals surface area contributed by atoms with Gasteiger partial charge in [-0.3, -0.25) is 4.79 Å². The molecule has 1 aliphatic rings. The Balaban J connectivity index is 1.69. The Morgan fingerprint density at radius 1 is 1.10 bits per heavy atom. The van der Waals surface area contributed by atoms with E-state index in [4.69, 9.17) is 9.15 Å². The average molecular weight is 281 g/mol. The van der Waals surface area contributed by atoms with E-state index in [-0.39, 0.29) is 12.0 Å². The Bertz CT molecular complexity index is 815. The van der Waals surface area contributed by atoms with Gasteiger partial charge in [-0.05, 0) is 37.1 Å². The molecule has 1 aliphatic heterocycles. The van der Waals surface area contributed by atoms with Crippen LogP contribution in [0.2, 0.25) is 0 Å². The highest BCUT2D eigenvalue weighted by Crippen LogP contribution is 2.30. The number of carbonyl (C=O) groups excluding carboxylic acids is 1. The molecule has 0 aliphatic carbocycles. The van der Waals surface area contributed by atoms with Crippen LogP contribution in [0.4, 0.5) is 5.69 Å². The van der Waals surface area contributed by atoms with Gasteiger partial charge in [0.05, 0.1) is 0 Å². The Labute approximate surface area is 121 Å². The van der Waals surface area contributed by atoms with Crippen molar-refractivity contribution in [3.63, 3.8) is 0 Å². The number of benzene rings is 2. The lowest BCUT2D eigenvalue weighted by Crippen LogP contribution is -2.26. The summed E-state index contributed by atoms with van der Waals surface area (Å²) >= 11 is 0. The number of hydrogen-bond donors (Lipinski definition) is 1. The summed E-state index contributed by atoms with van der Waals surface area (Å²) in [5, 5.41) is 4.99. The van der Waals surface area contributed by atoms with Gasteiger partial charge in [0.25, 0.3) is 5.91 Å². The quantitative estimate of drug-likeness (QED) is 0.779. The van der Waals surface area contributed by atoms with Crippen LogP contribution >= 0.6 is 0 Å². The summed E-state index contributed by atoms with van der Waals surface area (Å²) in [4.78, 5) is 12.1. The third kappa shape index (κ3) is 2.17. The molecule has 1 fully saturated rings. The molecule has 0 saturated carbocycles. The molecule has 21 heavy (non-hydrogen) atoms. The number of furan rings is 1. The minimum atomic E-state index is -0.318. The number of ether oxygens (including phenoxy) is 1. The van der Waals surface area contributed by atoms with E-state index >= 15 is 0 Å². The van der Waals surface area contributed by atoms with Crippen LogP contribution in [0.1, 0.15) is 12.8 Å². The van der Waals surface area contributed by atoms with Crippen LogP contribution in [0.5, 0.6) is 0 Å². The van der Waals surface area contributed by atoms with Crippen molar-refractivity contribution in [3.8, 4) is 0 Å². The zero-order valence-corrected chi connectivity index (χ0v) is 11.5. The van der Waals surface area contributed by atoms with Gasteiger partial charge < -0.3 is 14.5 Å². The van der Waals surface area contributed by atoms with Gasteiger partial charge in [-0.15, -0.1) is 0 Å². The number of nitrogens with one attached hydrogen (secondary N) is 1. The lowest BCUT2D eigenvalue weighted by Gasteiger charge is -2.10. The molecule has 1 atom stereocenters. The molecule has 106 valence electrons. The molecule has 1 saturated heterocycles. The number of para-hydroxylation sites is 1. The van der Waals surface area contributed by atoms with Gasteiger partial charge in [0.15, 0.2) is 0 Å². The Kier molecular flexibility index (Phi) is 2.89. The fourth-order valence-corrected chi connectivity index (χ4v) is 2.81. The maximum absolute atomic E-state index is 12.1. The van der Waals surface area contributed by atoms with Crippen LogP contribution in [0, 0.1) is 0 Å². The van der Waals surface area contributed by atoms with Crippen molar-refractivity contribution in [2.45, 2.75) is 18.9 Å². The third-order valence-corrected chi connectivity index (χ3v) is 3.87. The van der Waals surface area contributed by atoms with Gasteiger partial charge in [0.1, 0.15) is 17.3 Å². The molecular formula is C17H15NO3. The summed E-state index contributed by atoms with van der Waals surface area (Å²) in [7, 11) is 0. The SMILES string of the molecule is O=C(Nc1ccc2oc3ccccc3c2c1)[C@H]1CCCO1. The molecule has 4 nitrogen and oxygen atoms in total. The van der Waals surface area contributed by atoms with E-state index < -0.39 is 0 Å². The third-order valence-electron chi connectivity index (χ3n) is 3.87. The predicted molar refractivity (Wildman–Crippen MR) is 81.3 cm³/mol. The second-order valence-corrected chi connectivity index (χ2v) is 5.30. The van der Waals surface area contributed by atoms with Crippen molar-refractivity contribution in [3.05, 3.63) is 42.5 Å². The summed E-state index contributed by atoms with van der Waals surface area (Å²) < 4.78 is 11.2.